The molecule has 1 fully saturated rings. The molecule has 6 nitrogen and oxygen atoms in total. The van der Waals surface area contributed by atoms with Gasteiger partial charge in [0, 0.05) is 25.8 Å². The van der Waals surface area contributed by atoms with Gasteiger partial charge in [-0.1, -0.05) is 6.07 Å². The van der Waals surface area contributed by atoms with Crippen LogP contribution in [-0.2, 0) is 9.59 Å². The molecule has 0 spiro atoms. The van der Waals surface area contributed by atoms with Crippen molar-refractivity contribution in [2.75, 3.05) is 31.5 Å². The van der Waals surface area contributed by atoms with Crippen molar-refractivity contribution in [2.45, 2.75) is 6.42 Å². The standard InChI is InChI=1S/C12H16N4O2/c17-11(14-6-3-7-16-8-9-16)12(18)15-10-4-1-2-5-13-10/h1-2,4-5H,3,6-9H2,(H,14,17)(H,13,15,18). The summed E-state index contributed by atoms with van der Waals surface area (Å²) >= 11 is 0. The first-order chi connectivity index (χ1) is 8.75. The molecule has 2 amide bonds. The second kappa shape index (κ2) is 6.11. The van der Waals surface area contributed by atoms with Crippen LogP contribution in [0.25, 0.3) is 0 Å². The van der Waals surface area contributed by atoms with Crippen LogP contribution in [0.5, 0.6) is 0 Å². The van der Waals surface area contributed by atoms with E-state index in [2.05, 4.69) is 20.5 Å². The van der Waals surface area contributed by atoms with Gasteiger partial charge in [0.15, 0.2) is 0 Å². The van der Waals surface area contributed by atoms with Gasteiger partial charge >= 0.3 is 11.8 Å². The van der Waals surface area contributed by atoms with Gasteiger partial charge in [-0.3, -0.25) is 9.59 Å². The van der Waals surface area contributed by atoms with Gasteiger partial charge in [-0.2, -0.15) is 0 Å². The summed E-state index contributed by atoms with van der Waals surface area (Å²) in [5, 5.41) is 5.01. The number of carbonyl (C=O) groups excluding carboxylic acids is 2. The van der Waals surface area contributed by atoms with Crippen LogP contribution in [0.2, 0.25) is 0 Å². The number of aromatic nitrogens is 1. The molecule has 0 aromatic carbocycles. The van der Waals surface area contributed by atoms with E-state index in [1.807, 2.05) is 0 Å². The number of amides is 2. The predicted octanol–water partition coefficient (Wildman–Crippen LogP) is -0.158. The van der Waals surface area contributed by atoms with Crippen LogP contribution in [0, 0.1) is 0 Å². The number of carbonyl (C=O) groups is 2. The van der Waals surface area contributed by atoms with E-state index in [1.54, 1.807) is 24.4 Å². The highest BCUT2D eigenvalue weighted by Gasteiger charge is 2.17. The Bertz CT molecular complexity index is 417. The average Bonchev–Trinajstić information content (AvgIpc) is 3.19. The van der Waals surface area contributed by atoms with Crippen LogP contribution < -0.4 is 10.6 Å². The summed E-state index contributed by atoms with van der Waals surface area (Å²) < 4.78 is 0. The normalized spacial score (nSPS) is 14.0. The Hall–Kier alpha value is -1.95. The van der Waals surface area contributed by atoms with E-state index in [4.69, 9.17) is 0 Å². The quantitative estimate of drug-likeness (QED) is 0.431. The van der Waals surface area contributed by atoms with Crippen LogP contribution in [0.15, 0.2) is 24.4 Å². The predicted molar refractivity (Wildman–Crippen MR) is 66.9 cm³/mol. The van der Waals surface area contributed by atoms with Gasteiger partial charge in [-0.15, -0.1) is 0 Å². The molecule has 1 aromatic rings. The second-order valence-corrected chi connectivity index (χ2v) is 4.12. The SMILES string of the molecule is O=C(NCCCN1CC1)C(=O)Nc1ccccn1. The molecular formula is C12H16N4O2. The summed E-state index contributed by atoms with van der Waals surface area (Å²) in [5.74, 6) is -0.923. The zero-order valence-corrected chi connectivity index (χ0v) is 10.1. The van der Waals surface area contributed by atoms with Crippen molar-refractivity contribution in [3.8, 4) is 0 Å². The zero-order chi connectivity index (χ0) is 12.8. The molecule has 0 unspecified atom stereocenters. The molecule has 2 rings (SSSR count). The maximum Gasteiger partial charge on any atom is 0.314 e. The summed E-state index contributed by atoms with van der Waals surface area (Å²) in [6.07, 6.45) is 2.42. The number of hydrogen-bond acceptors (Lipinski definition) is 4. The third kappa shape index (κ3) is 4.14. The number of rotatable bonds is 5. The molecule has 1 saturated heterocycles. The lowest BCUT2D eigenvalue weighted by Crippen LogP contribution is -2.36. The van der Waals surface area contributed by atoms with Gasteiger partial charge in [-0.25, -0.2) is 4.98 Å². The van der Waals surface area contributed by atoms with Gasteiger partial charge in [0.1, 0.15) is 5.82 Å². The molecule has 0 aliphatic carbocycles. The molecule has 18 heavy (non-hydrogen) atoms. The molecule has 1 aliphatic rings. The van der Waals surface area contributed by atoms with Crippen LogP contribution in [0.3, 0.4) is 0 Å². The molecule has 1 aliphatic heterocycles. The molecule has 96 valence electrons. The highest BCUT2D eigenvalue weighted by Crippen LogP contribution is 2.02. The molecule has 0 bridgehead atoms. The third-order valence-electron chi connectivity index (χ3n) is 2.59. The first-order valence-corrected chi connectivity index (χ1v) is 5.98. The minimum absolute atomic E-state index is 0.377. The van der Waals surface area contributed by atoms with Gasteiger partial charge in [0.2, 0.25) is 0 Å². The maximum absolute atomic E-state index is 11.5. The molecule has 2 heterocycles. The fraction of sp³-hybridized carbons (Fsp3) is 0.417. The number of nitrogens with one attached hydrogen (secondary N) is 2. The Balaban J connectivity index is 1.66. The van der Waals surface area contributed by atoms with E-state index in [0.29, 0.717) is 12.4 Å². The topological polar surface area (TPSA) is 74.1 Å². The molecular weight excluding hydrogens is 232 g/mol. The smallest absolute Gasteiger partial charge is 0.314 e. The Kier molecular flexibility index (Phi) is 4.25. The lowest BCUT2D eigenvalue weighted by Gasteiger charge is -2.05. The van der Waals surface area contributed by atoms with Gasteiger partial charge in [-0.05, 0) is 25.1 Å². The van der Waals surface area contributed by atoms with Crippen molar-refractivity contribution in [3.05, 3.63) is 24.4 Å². The van der Waals surface area contributed by atoms with Gasteiger partial charge in [0.05, 0.1) is 0 Å². The van der Waals surface area contributed by atoms with Crippen LogP contribution in [0.4, 0.5) is 5.82 Å². The summed E-state index contributed by atoms with van der Waals surface area (Å²) in [6.45, 7) is 3.79. The number of anilines is 1. The first kappa shape index (κ1) is 12.5. The van der Waals surface area contributed by atoms with E-state index in [1.165, 1.54) is 0 Å². The highest BCUT2D eigenvalue weighted by atomic mass is 16.2. The fourth-order valence-electron chi connectivity index (χ4n) is 1.49. The monoisotopic (exact) mass is 248 g/mol. The van der Waals surface area contributed by atoms with E-state index in [0.717, 1.165) is 26.1 Å². The lowest BCUT2D eigenvalue weighted by molar-refractivity contribution is -0.136. The van der Waals surface area contributed by atoms with Crippen LogP contribution in [0.1, 0.15) is 6.42 Å². The second-order valence-electron chi connectivity index (χ2n) is 4.12. The van der Waals surface area contributed by atoms with E-state index < -0.39 is 11.8 Å². The van der Waals surface area contributed by atoms with Crippen molar-refractivity contribution >= 4 is 17.6 Å². The fourth-order valence-corrected chi connectivity index (χ4v) is 1.49. The Morgan fingerprint density at radius 3 is 2.78 bits per heavy atom. The number of hydrogen-bond donors (Lipinski definition) is 2. The van der Waals surface area contributed by atoms with Crippen molar-refractivity contribution < 1.29 is 9.59 Å². The third-order valence-corrected chi connectivity index (χ3v) is 2.59. The van der Waals surface area contributed by atoms with Crippen molar-refractivity contribution in [3.63, 3.8) is 0 Å². The molecule has 1 aromatic heterocycles. The zero-order valence-electron chi connectivity index (χ0n) is 10.1. The molecule has 6 heteroatoms. The number of pyridine rings is 1. The van der Waals surface area contributed by atoms with Gasteiger partial charge < -0.3 is 15.5 Å². The van der Waals surface area contributed by atoms with Crippen molar-refractivity contribution in [2.24, 2.45) is 0 Å². The summed E-state index contributed by atoms with van der Waals surface area (Å²) in [4.78, 5) is 29.1. The largest absolute Gasteiger partial charge is 0.348 e. The molecule has 0 atom stereocenters. The summed E-state index contributed by atoms with van der Waals surface area (Å²) in [5.41, 5.74) is 0. The van der Waals surface area contributed by atoms with E-state index >= 15 is 0 Å². The molecule has 2 N–H and O–H groups in total. The van der Waals surface area contributed by atoms with Crippen LogP contribution >= 0.6 is 0 Å². The summed E-state index contributed by atoms with van der Waals surface area (Å²) in [7, 11) is 0. The highest BCUT2D eigenvalue weighted by molar-refractivity contribution is 6.39. The Morgan fingerprint density at radius 1 is 1.28 bits per heavy atom. The minimum atomic E-state index is -0.680. The van der Waals surface area contributed by atoms with Crippen LogP contribution in [-0.4, -0.2) is 47.9 Å². The first-order valence-electron chi connectivity index (χ1n) is 5.98. The minimum Gasteiger partial charge on any atom is -0.348 e. The summed E-state index contributed by atoms with van der Waals surface area (Å²) in [6, 6.07) is 5.11. The van der Waals surface area contributed by atoms with Gasteiger partial charge in [0.25, 0.3) is 0 Å². The Morgan fingerprint density at radius 2 is 2.11 bits per heavy atom. The molecule has 0 radical (unpaired) electrons. The van der Waals surface area contributed by atoms with E-state index in [9.17, 15) is 9.59 Å². The molecule has 0 saturated carbocycles. The Labute approximate surface area is 105 Å². The van der Waals surface area contributed by atoms with Crippen molar-refractivity contribution in [1.29, 1.82) is 0 Å². The van der Waals surface area contributed by atoms with Crippen molar-refractivity contribution in [1.82, 2.24) is 15.2 Å². The number of nitrogens with zero attached hydrogens (tertiary/aromatic N) is 2. The average molecular weight is 248 g/mol. The lowest BCUT2D eigenvalue weighted by atomic mass is 10.4. The van der Waals surface area contributed by atoms with E-state index in [-0.39, 0.29) is 0 Å². The maximum atomic E-state index is 11.5.